The van der Waals surface area contributed by atoms with Gasteiger partial charge in [-0.15, -0.1) is 0 Å². The molecular weight excluding hydrogens is 313 g/mol. The minimum Gasteiger partial charge on any atom is -0.487 e. The average Bonchev–Trinajstić information content (AvgIpc) is 2.58. The molecule has 0 unspecified atom stereocenters. The van der Waals surface area contributed by atoms with Gasteiger partial charge in [-0.05, 0) is 44.7 Å². The number of benzene rings is 1. The van der Waals surface area contributed by atoms with E-state index in [1.807, 2.05) is 6.92 Å². The summed E-state index contributed by atoms with van der Waals surface area (Å²) in [6.45, 7) is 4.31. The first-order valence-corrected chi connectivity index (χ1v) is 8.51. The molecule has 0 radical (unpaired) electrons. The lowest BCUT2D eigenvalue weighted by atomic mass is 10.0. The summed E-state index contributed by atoms with van der Waals surface area (Å²) in [5, 5.41) is 0. The van der Waals surface area contributed by atoms with Gasteiger partial charge in [0.25, 0.3) is 0 Å². The van der Waals surface area contributed by atoms with E-state index in [0.717, 1.165) is 6.42 Å². The lowest BCUT2D eigenvalue weighted by Gasteiger charge is -2.31. The largest absolute Gasteiger partial charge is 0.487 e. The molecule has 0 aliphatic carbocycles. The fraction of sp³-hybridized carbons (Fsp3) is 0.611. The summed E-state index contributed by atoms with van der Waals surface area (Å²) < 4.78 is 30.7. The highest BCUT2D eigenvalue weighted by atomic mass is 19.1. The van der Waals surface area contributed by atoms with Crippen LogP contribution in [-0.2, 0) is 14.3 Å². The van der Waals surface area contributed by atoms with Crippen LogP contribution in [0.25, 0.3) is 0 Å². The Morgan fingerprint density at radius 3 is 2.88 bits per heavy atom. The Morgan fingerprint density at radius 2 is 2.17 bits per heavy atom. The number of ether oxygens (including phenoxy) is 3. The summed E-state index contributed by atoms with van der Waals surface area (Å²) in [6.07, 6.45) is 1.45. The molecule has 24 heavy (non-hydrogen) atoms. The molecule has 0 spiro atoms. The zero-order valence-electron chi connectivity index (χ0n) is 14.2. The Bertz CT molecular complexity index is 540. The molecule has 0 bridgehead atoms. The van der Waals surface area contributed by atoms with E-state index in [2.05, 4.69) is 0 Å². The standard InChI is InChI=1S/C18H26FNO4/c1-3-10-22-17-12(2)23-18(21)15(20)8-5-9-16(17)24-14-7-4-6-13(19)11-14/h4,6-7,11-12,15-17H,3,5,8-10,20H2,1-2H3/t12-,15-,16-,17-/m0/s1. The van der Waals surface area contributed by atoms with Crippen LogP contribution >= 0.6 is 0 Å². The molecule has 1 saturated heterocycles. The number of carbonyl (C=O) groups is 1. The maximum atomic E-state index is 13.4. The maximum Gasteiger partial charge on any atom is 0.323 e. The fourth-order valence-electron chi connectivity index (χ4n) is 2.80. The molecule has 1 fully saturated rings. The predicted octanol–water partition coefficient (Wildman–Crippen LogP) is 2.81. The van der Waals surface area contributed by atoms with Crippen molar-refractivity contribution in [3.63, 3.8) is 0 Å². The molecule has 1 aliphatic heterocycles. The van der Waals surface area contributed by atoms with Crippen molar-refractivity contribution in [2.75, 3.05) is 6.61 Å². The molecule has 0 aromatic heterocycles. The zero-order valence-corrected chi connectivity index (χ0v) is 14.2. The van der Waals surface area contributed by atoms with E-state index in [4.69, 9.17) is 19.9 Å². The lowest BCUT2D eigenvalue weighted by Crippen LogP contribution is -2.44. The quantitative estimate of drug-likeness (QED) is 0.835. The highest BCUT2D eigenvalue weighted by Gasteiger charge is 2.34. The number of hydrogen-bond donors (Lipinski definition) is 1. The molecule has 134 valence electrons. The number of rotatable bonds is 5. The van der Waals surface area contributed by atoms with Crippen molar-refractivity contribution >= 4 is 5.97 Å². The summed E-state index contributed by atoms with van der Waals surface area (Å²) in [4.78, 5) is 12.0. The molecule has 1 aromatic carbocycles. The third-order valence-corrected chi connectivity index (χ3v) is 4.04. The van der Waals surface area contributed by atoms with Gasteiger partial charge in [0.2, 0.25) is 0 Å². The molecule has 0 amide bonds. The highest BCUT2D eigenvalue weighted by Crippen LogP contribution is 2.24. The molecule has 1 aromatic rings. The number of halogens is 1. The monoisotopic (exact) mass is 339 g/mol. The van der Waals surface area contributed by atoms with Gasteiger partial charge in [0.05, 0.1) is 0 Å². The van der Waals surface area contributed by atoms with E-state index in [1.165, 1.54) is 12.1 Å². The van der Waals surface area contributed by atoms with Gasteiger partial charge >= 0.3 is 5.97 Å². The minimum atomic E-state index is -0.632. The lowest BCUT2D eigenvalue weighted by molar-refractivity contribution is -0.162. The van der Waals surface area contributed by atoms with E-state index in [-0.39, 0.29) is 11.9 Å². The molecule has 2 rings (SSSR count). The van der Waals surface area contributed by atoms with Gasteiger partial charge in [0.1, 0.15) is 35.9 Å². The van der Waals surface area contributed by atoms with Crippen molar-refractivity contribution in [2.24, 2.45) is 5.73 Å². The van der Waals surface area contributed by atoms with Crippen molar-refractivity contribution in [3.05, 3.63) is 30.1 Å². The van der Waals surface area contributed by atoms with Gasteiger partial charge in [-0.1, -0.05) is 13.0 Å². The van der Waals surface area contributed by atoms with Crippen LogP contribution in [0.5, 0.6) is 5.75 Å². The van der Waals surface area contributed by atoms with Crippen LogP contribution < -0.4 is 10.5 Å². The van der Waals surface area contributed by atoms with Crippen molar-refractivity contribution in [3.8, 4) is 5.75 Å². The van der Waals surface area contributed by atoms with E-state index >= 15 is 0 Å². The van der Waals surface area contributed by atoms with Crippen LogP contribution in [0.3, 0.4) is 0 Å². The van der Waals surface area contributed by atoms with Crippen LogP contribution in [0.4, 0.5) is 4.39 Å². The van der Waals surface area contributed by atoms with Crippen molar-refractivity contribution in [1.82, 2.24) is 0 Å². The summed E-state index contributed by atoms with van der Waals surface area (Å²) >= 11 is 0. The molecule has 2 N–H and O–H groups in total. The second-order valence-corrected chi connectivity index (χ2v) is 6.13. The van der Waals surface area contributed by atoms with Crippen LogP contribution in [0.2, 0.25) is 0 Å². The van der Waals surface area contributed by atoms with E-state index in [0.29, 0.717) is 31.6 Å². The number of hydrogen-bond acceptors (Lipinski definition) is 5. The molecular formula is C18H26FNO4. The zero-order chi connectivity index (χ0) is 17.5. The molecule has 6 heteroatoms. The average molecular weight is 339 g/mol. The Labute approximate surface area is 142 Å². The maximum absolute atomic E-state index is 13.4. The highest BCUT2D eigenvalue weighted by molar-refractivity contribution is 5.75. The summed E-state index contributed by atoms with van der Waals surface area (Å²) in [7, 11) is 0. The van der Waals surface area contributed by atoms with Crippen LogP contribution in [0, 0.1) is 5.82 Å². The molecule has 1 aliphatic rings. The Balaban J connectivity index is 2.19. The second kappa shape index (κ2) is 8.99. The van der Waals surface area contributed by atoms with E-state index < -0.39 is 24.2 Å². The first kappa shape index (κ1) is 18.7. The molecule has 1 heterocycles. The Kier molecular flexibility index (Phi) is 6.99. The van der Waals surface area contributed by atoms with Crippen LogP contribution in [-0.4, -0.2) is 36.9 Å². The van der Waals surface area contributed by atoms with Gasteiger partial charge < -0.3 is 19.9 Å². The molecule has 4 atom stereocenters. The van der Waals surface area contributed by atoms with E-state index in [9.17, 15) is 9.18 Å². The summed E-state index contributed by atoms with van der Waals surface area (Å²) in [5.41, 5.74) is 5.84. The number of nitrogens with two attached hydrogens (primary N) is 1. The van der Waals surface area contributed by atoms with Crippen molar-refractivity contribution in [1.29, 1.82) is 0 Å². The molecule has 0 saturated carbocycles. The first-order valence-electron chi connectivity index (χ1n) is 8.51. The van der Waals surface area contributed by atoms with Crippen molar-refractivity contribution < 1.29 is 23.4 Å². The van der Waals surface area contributed by atoms with Crippen LogP contribution in [0.15, 0.2) is 24.3 Å². The SMILES string of the molecule is CCCO[C@H]1[C@H](C)OC(=O)[C@@H](N)CCC[C@@H]1Oc1cccc(F)c1. The second-order valence-electron chi connectivity index (χ2n) is 6.13. The fourth-order valence-corrected chi connectivity index (χ4v) is 2.80. The summed E-state index contributed by atoms with van der Waals surface area (Å²) in [6, 6.07) is 5.37. The number of cyclic esters (lactones) is 1. The topological polar surface area (TPSA) is 70.8 Å². The predicted molar refractivity (Wildman–Crippen MR) is 88.2 cm³/mol. The number of carbonyl (C=O) groups excluding carboxylic acids is 1. The third kappa shape index (κ3) is 5.18. The van der Waals surface area contributed by atoms with Gasteiger partial charge in [-0.3, -0.25) is 4.79 Å². The Morgan fingerprint density at radius 1 is 1.38 bits per heavy atom. The van der Waals surface area contributed by atoms with Gasteiger partial charge in [-0.25, -0.2) is 4.39 Å². The van der Waals surface area contributed by atoms with Gasteiger partial charge in [-0.2, -0.15) is 0 Å². The first-order chi connectivity index (χ1) is 11.5. The summed E-state index contributed by atoms with van der Waals surface area (Å²) in [5.74, 6) is -0.339. The van der Waals surface area contributed by atoms with Crippen LogP contribution in [0.1, 0.15) is 39.5 Å². The van der Waals surface area contributed by atoms with Gasteiger partial charge in [0.15, 0.2) is 0 Å². The normalized spacial score (nSPS) is 28.4. The molecule has 5 nitrogen and oxygen atoms in total. The van der Waals surface area contributed by atoms with Gasteiger partial charge in [0, 0.05) is 12.7 Å². The Hall–Kier alpha value is -1.66. The third-order valence-electron chi connectivity index (χ3n) is 4.04. The smallest absolute Gasteiger partial charge is 0.323 e. The van der Waals surface area contributed by atoms with Crippen molar-refractivity contribution in [2.45, 2.75) is 63.9 Å². The van der Waals surface area contributed by atoms with E-state index in [1.54, 1.807) is 19.1 Å². The minimum absolute atomic E-state index is 0.341. The number of esters is 1.